The first kappa shape index (κ1) is 20.5. The summed E-state index contributed by atoms with van der Waals surface area (Å²) >= 11 is 0. The van der Waals surface area contributed by atoms with E-state index in [1.54, 1.807) is 0 Å². The number of nitrogens with two attached hydrogens (primary N) is 2. The van der Waals surface area contributed by atoms with Crippen LogP contribution in [0.4, 0.5) is 11.4 Å². The first-order valence-electron chi connectivity index (χ1n) is 11.9. The van der Waals surface area contributed by atoms with Crippen LogP contribution in [0, 0.1) is 0 Å². The van der Waals surface area contributed by atoms with Gasteiger partial charge in [-0.25, -0.2) is 0 Å². The van der Waals surface area contributed by atoms with E-state index in [0.717, 1.165) is 76.3 Å². The van der Waals surface area contributed by atoms with Crippen molar-refractivity contribution < 1.29 is 18.9 Å². The molecule has 4 unspecified atom stereocenters. The van der Waals surface area contributed by atoms with Gasteiger partial charge in [-0.2, -0.15) is 0 Å². The summed E-state index contributed by atoms with van der Waals surface area (Å²) < 4.78 is 22.2. The van der Waals surface area contributed by atoms with Crippen molar-refractivity contribution in [1.29, 1.82) is 0 Å². The molecule has 4 N–H and O–H groups in total. The molecule has 6 nitrogen and oxygen atoms in total. The van der Waals surface area contributed by atoms with Crippen molar-refractivity contribution in [3.05, 3.63) is 57.6 Å². The predicted molar refractivity (Wildman–Crippen MR) is 123 cm³/mol. The molecule has 4 saturated heterocycles. The third-order valence-electron chi connectivity index (χ3n) is 7.13. The van der Waals surface area contributed by atoms with Crippen molar-refractivity contribution in [3.63, 3.8) is 0 Å². The lowest BCUT2D eigenvalue weighted by Gasteiger charge is -2.19. The zero-order valence-corrected chi connectivity index (χ0v) is 18.5. The molecule has 2 aromatic carbocycles. The fourth-order valence-corrected chi connectivity index (χ4v) is 4.90. The Morgan fingerprint density at radius 2 is 0.844 bits per heavy atom. The van der Waals surface area contributed by atoms with E-state index in [4.69, 9.17) is 30.4 Å². The van der Waals surface area contributed by atoms with Gasteiger partial charge in [0.25, 0.3) is 0 Å². The zero-order chi connectivity index (χ0) is 21.7. The van der Waals surface area contributed by atoms with Gasteiger partial charge in [-0.3, -0.25) is 0 Å². The van der Waals surface area contributed by atoms with Gasteiger partial charge in [0.1, 0.15) is 0 Å². The molecule has 2 aromatic rings. The van der Waals surface area contributed by atoms with Gasteiger partial charge >= 0.3 is 0 Å². The minimum Gasteiger partial charge on any atom is -0.398 e. The molecular weight excluding hydrogens is 404 g/mol. The molecular formula is C26H32N2O4. The smallest absolute Gasteiger partial charge is 0.0851 e. The number of anilines is 2. The second kappa shape index (κ2) is 8.34. The average Bonchev–Trinajstić information content (AvgIpc) is 3.62. The van der Waals surface area contributed by atoms with E-state index in [-0.39, 0.29) is 0 Å². The van der Waals surface area contributed by atoms with Crippen LogP contribution in [0.5, 0.6) is 0 Å². The Kier molecular flexibility index (Phi) is 5.34. The first-order chi connectivity index (χ1) is 15.6. The highest BCUT2D eigenvalue weighted by molar-refractivity contribution is 5.57. The van der Waals surface area contributed by atoms with E-state index in [9.17, 15) is 0 Å². The summed E-state index contributed by atoms with van der Waals surface area (Å²) in [5, 5.41) is 0. The average molecular weight is 437 g/mol. The monoisotopic (exact) mass is 436 g/mol. The van der Waals surface area contributed by atoms with Crippen molar-refractivity contribution in [2.45, 2.75) is 62.9 Å². The molecule has 6 heteroatoms. The summed E-state index contributed by atoms with van der Waals surface area (Å²) in [5.74, 6) is 0. The normalized spacial score (nSPS) is 27.4. The highest BCUT2D eigenvalue weighted by Gasteiger charge is 2.31. The second-order valence-electron chi connectivity index (χ2n) is 9.68. The molecule has 0 saturated carbocycles. The standard InChI is InChI=1S/C26H32N2O4/c27-25-5-3-15(21(7-17-11-29-17)23(25)9-19-13-31-19)1-2-16-4-6-26(28)24(10-20-14-32-20)22(16)8-18-12-30-18/h3-6,17-20H,1-2,7-14,27-28H2. The van der Waals surface area contributed by atoms with Crippen LogP contribution >= 0.6 is 0 Å². The minimum atomic E-state index is 0.320. The molecule has 4 aliphatic rings. The number of aryl methyl sites for hydroxylation is 2. The maximum absolute atomic E-state index is 6.41. The Hall–Kier alpha value is -2.12. The van der Waals surface area contributed by atoms with Gasteiger partial charge in [-0.15, -0.1) is 0 Å². The highest BCUT2D eigenvalue weighted by Crippen LogP contribution is 2.33. The Balaban J connectivity index is 1.28. The molecule has 0 spiro atoms. The van der Waals surface area contributed by atoms with Gasteiger partial charge in [-0.1, -0.05) is 12.1 Å². The van der Waals surface area contributed by atoms with Crippen molar-refractivity contribution >= 4 is 11.4 Å². The van der Waals surface area contributed by atoms with E-state index in [1.165, 1.54) is 33.4 Å². The summed E-state index contributed by atoms with van der Waals surface area (Å²) in [6.45, 7) is 3.39. The van der Waals surface area contributed by atoms with E-state index in [0.29, 0.717) is 24.4 Å². The first-order valence-corrected chi connectivity index (χ1v) is 11.9. The summed E-state index contributed by atoms with van der Waals surface area (Å²) in [6, 6.07) is 8.57. The fourth-order valence-electron chi connectivity index (χ4n) is 4.90. The van der Waals surface area contributed by atoms with Gasteiger partial charge in [-0.05, 0) is 58.4 Å². The summed E-state index contributed by atoms with van der Waals surface area (Å²) in [6.07, 6.45) is 6.94. The van der Waals surface area contributed by atoms with Crippen LogP contribution in [0.25, 0.3) is 0 Å². The number of epoxide rings is 4. The van der Waals surface area contributed by atoms with Crippen molar-refractivity contribution in [3.8, 4) is 0 Å². The Bertz CT molecular complexity index is 926. The number of hydrogen-bond donors (Lipinski definition) is 2. The number of rotatable bonds is 11. The van der Waals surface area contributed by atoms with Crippen LogP contribution in [0.15, 0.2) is 24.3 Å². The molecule has 4 aliphatic heterocycles. The summed E-state index contributed by atoms with van der Waals surface area (Å²) in [4.78, 5) is 0. The second-order valence-corrected chi connectivity index (χ2v) is 9.68. The molecule has 0 bridgehead atoms. The minimum absolute atomic E-state index is 0.320. The number of nitrogen functional groups attached to an aromatic ring is 2. The summed E-state index contributed by atoms with van der Waals surface area (Å²) in [5.41, 5.74) is 22.6. The lowest BCUT2D eigenvalue weighted by atomic mass is 9.87. The van der Waals surface area contributed by atoms with E-state index >= 15 is 0 Å². The topological polar surface area (TPSA) is 102 Å². The van der Waals surface area contributed by atoms with Crippen molar-refractivity contribution in [2.24, 2.45) is 0 Å². The van der Waals surface area contributed by atoms with Crippen LogP contribution in [-0.4, -0.2) is 50.8 Å². The third kappa shape index (κ3) is 4.79. The molecule has 4 fully saturated rings. The van der Waals surface area contributed by atoms with Gasteiger partial charge in [0.2, 0.25) is 0 Å². The van der Waals surface area contributed by atoms with E-state index < -0.39 is 0 Å². The lowest BCUT2D eigenvalue weighted by molar-refractivity contribution is 0.401. The third-order valence-corrected chi connectivity index (χ3v) is 7.13. The molecule has 4 heterocycles. The molecule has 6 rings (SSSR count). The fraction of sp³-hybridized carbons (Fsp3) is 0.538. The molecule has 32 heavy (non-hydrogen) atoms. The molecule has 0 radical (unpaired) electrons. The summed E-state index contributed by atoms with van der Waals surface area (Å²) in [7, 11) is 0. The van der Waals surface area contributed by atoms with Crippen molar-refractivity contribution in [2.75, 3.05) is 37.9 Å². The van der Waals surface area contributed by atoms with E-state index in [2.05, 4.69) is 24.3 Å². The van der Waals surface area contributed by atoms with Gasteiger partial charge < -0.3 is 30.4 Å². The van der Waals surface area contributed by atoms with Gasteiger partial charge in [0.15, 0.2) is 0 Å². The predicted octanol–water partition coefficient (Wildman–Crippen LogP) is 2.40. The maximum Gasteiger partial charge on any atom is 0.0851 e. The molecule has 0 aliphatic carbocycles. The molecule has 0 aromatic heterocycles. The maximum atomic E-state index is 6.41. The van der Waals surface area contributed by atoms with Crippen LogP contribution < -0.4 is 11.5 Å². The van der Waals surface area contributed by atoms with Crippen LogP contribution in [0.2, 0.25) is 0 Å². The lowest BCUT2D eigenvalue weighted by Crippen LogP contribution is -2.12. The number of ether oxygens (including phenoxy) is 4. The zero-order valence-electron chi connectivity index (χ0n) is 18.5. The Labute approximate surface area is 189 Å². The van der Waals surface area contributed by atoms with Crippen molar-refractivity contribution in [1.82, 2.24) is 0 Å². The highest BCUT2D eigenvalue weighted by atomic mass is 16.6. The Morgan fingerprint density at radius 1 is 0.531 bits per heavy atom. The number of benzene rings is 2. The molecule has 4 atom stereocenters. The van der Waals surface area contributed by atoms with Crippen LogP contribution in [-0.2, 0) is 57.5 Å². The van der Waals surface area contributed by atoms with Gasteiger partial charge in [0, 0.05) is 37.1 Å². The quantitative estimate of drug-likeness (QED) is 0.414. The molecule has 0 amide bonds. The molecule has 170 valence electrons. The Morgan fingerprint density at radius 3 is 1.16 bits per heavy atom. The van der Waals surface area contributed by atoms with E-state index in [1.807, 2.05) is 0 Å². The SMILES string of the molecule is Nc1ccc(CCc2ccc(N)c(CC3CO3)c2CC2CO2)c(CC2CO2)c1CC1CO1. The largest absolute Gasteiger partial charge is 0.398 e. The number of hydrogen-bond acceptors (Lipinski definition) is 6. The van der Waals surface area contributed by atoms with Crippen LogP contribution in [0.1, 0.15) is 33.4 Å². The van der Waals surface area contributed by atoms with Gasteiger partial charge in [0.05, 0.1) is 50.8 Å². The van der Waals surface area contributed by atoms with Crippen LogP contribution in [0.3, 0.4) is 0 Å².